The van der Waals surface area contributed by atoms with Crippen molar-refractivity contribution in [3.63, 3.8) is 0 Å². The lowest BCUT2D eigenvalue weighted by Gasteiger charge is -2.23. The van der Waals surface area contributed by atoms with Crippen LogP contribution in [0.15, 0.2) is 30.7 Å². The SMILES string of the molecule is C[C@H]1CNC(=O)c2cnn3ccc(nc23)NC2(CC2)c2cc(F)cnc2O1. The Morgan fingerprint density at radius 2 is 2.22 bits per heavy atom. The summed E-state index contributed by atoms with van der Waals surface area (Å²) in [6, 6.07) is 3.23. The van der Waals surface area contributed by atoms with Gasteiger partial charge >= 0.3 is 0 Å². The Morgan fingerprint density at radius 1 is 1.37 bits per heavy atom. The summed E-state index contributed by atoms with van der Waals surface area (Å²) in [4.78, 5) is 21.2. The number of carbonyl (C=O) groups is 1. The molecule has 1 aliphatic heterocycles. The van der Waals surface area contributed by atoms with E-state index in [4.69, 9.17) is 4.74 Å². The van der Waals surface area contributed by atoms with Crippen LogP contribution in [0.2, 0.25) is 0 Å². The van der Waals surface area contributed by atoms with Gasteiger partial charge in [0.2, 0.25) is 5.88 Å². The number of hydrogen-bond acceptors (Lipinski definition) is 6. The number of rotatable bonds is 0. The van der Waals surface area contributed by atoms with Crippen LogP contribution in [0.25, 0.3) is 5.65 Å². The van der Waals surface area contributed by atoms with Gasteiger partial charge in [-0.25, -0.2) is 18.9 Å². The summed E-state index contributed by atoms with van der Waals surface area (Å²) < 4.78 is 21.4. The van der Waals surface area contributed by atoms with Gasteiger partial charge in [-0.05, 0) is 31.9 Å². The average molecular weight is 368 g/mol. The highest BCUT2D eigenvalue weighted by molar-refractivity contribution is 5.99. The molecule has 0 saturated heterocycles. The first-order valence-electron chi connectivity index (χ1n) is 8.77. The molecule has 3 aromatic heterocycles. The van der Waals surface area contributed by atoms with Gasteiger partial charge in [0.05, 0.1) is 24.5 Å². The highest BCUT2D eigenvalue weighted by Crippen LogP contribution is 2.51. The minimum absolute atomic E-state index is 0.273. The van der Waals surface area contributed by atoms with Crippen LogP contribution in [0, 0.1) is 5.82 Å². The van der Waals surface area contributed by atoms with E-state index in [1.807, 2.05) is 6.92 Å². The molecule has 0 radical (unpaired) electrons. The van der Waals surface area contributed by atoms with Gasteiger partial charge in [-0.2, -0.15) is 5.10 Å². The number of amides is 1. The molecule has 1 saturated carbocycles. The van der Waals surface area contributed by atoms with Crippen LogP contribution in [0.3, 0.4) is 0 Å². The summed E-state index contributed by atoms with van der Waals surface area (Å²) in [5, 5.41) is 10.4. The Balaban J connectivity index is 1.66. The highest BCUT2D eigenvalue weighted by Gasteiger charge is 2.47. The van der Waals surface area contributed by atoms with E-state index in [1.165, 1.54) is 12.3 Å². The normalized spacial score (nSPS) is 20.7. The Labute approximate surface area is 153 Å². The lowest BCUT2D eigenvalue weighted by molar-refractivity contribution is 0.0931. The maximum atomic E-state index is 13.9. The molecule has 1 atom stereocenters. The summed E-state index contributed by atoms with van der Waals surface area (Å²) in [5.41, 5.74) is 1.02. The number of carbonyl (C=O) groups excluding carboxylic acids is 1. The van der Waals surface area contributed by atoms with Crippen molar-refractivity contribution in [2.24, 2.45) is 0 Å². The molecule has 1 amide bonds. The minimum atomic E-state index is -0.485. The van der Waals surface area contributed by atoms with E-state index in [-0.39, 0.29) is 18.6 Å². The molecule has 2 bridgehead atoms. The maximum absolute atomic E-state index is 13.9. The fourth-order valence-corrected chi connectivity index (χ4v) is 3.36. The van der Waals surface area contributed by atoms with Gasteiger partial charge in [-0.1, -0.05) is 0 Å². The summed E-state index contributed by atoms with van der Waals surface area (Å²) in [7, 11) is 0. The largest absolute Gasteiger partial charge is 0.473 e. The van der Waals surface area contributed by atoms with E-state index in [0.29, 0.717) is 28.5 Å². The lowest BCUT2D eigenvalue weighted by atomic mass is 10.1. The molecule has 1 aliphatic carbocycles. The van der Waals surface area contributed by atoms with E-state index in [9.17, 15) is 9.18 Å². The molecule has 2 N–H and O–H groups in total. The molecular formula is C18H17FN6O2. The van der Waals surface area contributed by atoms with Gasteiger partial charge in [-0.15, -0.1) is 0 Å². The second kappa shape index (κ2) is 5.63. The number of ether oxygens (including phenoxy) is 1. The quantitative estimate of drug-likeness (QED) is 0.629. The molecule has 3 aromatic rings. The molecule has 2 aliphatic rings. The summed E-state index contributed by atoms with van der Waals surface area (Å²) >= 11 is 0. The fourth-order valence-electron chi connectivity index (χ4n) is 3.36. The van der Waals surface area contributed by atoms with Crippen molar-refractivity contribution in [3.8, 4) is 5.88 Å². The topological polar surface area (TPSA) is 93.4 Å². The van der Waals surface area contributed by atoms with Crippen LogP contribution >= 0.6 is 0 Å². The fraction of sp³-hybridized carbons (Fsp3) is 0.333. The van der Waals surface area contributed by atoms with Crippen LogP contribution in [0.5, 0.6) is 5.88 Å². The van der Waals surface area contributed by atoms with Crippen LogP contribution in [0.4, 0.5) is 10.2 Å². The Hall–Kier alpha value is -3.23. The minimum Gasteiger partial charge on any atom is -0.473 e. The van der Waals surface area contributed by atoms with E-state index >= 15 is 0 Å². The van der Waals surface area contributed by atoms with Crippen molar-refractivity contribution < 1.29 is 13.9 Å². The van der Waals surface area contributed by atoms with E-state index in [1.54, 1.807) is 16.8 Å². The smallest absolute Gasteiger partial charge is 0.256 e. The van der Waals surface area contributed by atoms with Crippen molar-refractivity contribution in [2.75, 3.05) is 11.9 Å². The Kier molecular flexibility index (Phi) is 3.33. The van der Waals surface area contributed by atoms with Gasteiger partial charge in [0, 0.05) is 11.8 Å². The standard InChI is InChI=1S/C18H17FN6O2/c1-10-7-20-16(26)12-9-22-25-5-2-14(23-15(12)25)24-18(3-4-18)13-6-11(19)8-21-17(13)27-10/h2,5-6,8-10H,3-4,7H2,1H3,(H,20,26)(H,23,24)/t10-/m0/s1. The van der Waals surface area contributed by atoms with Crippen molar-refractivity contribution in [3.05, 3.63) is 47.7 Å². The summed E-state index contributed by atoms with van der Waals surface area (Å²) in [6.07, 6.45) is 5.63. The van der Waals surface area contributed by atoms with Crippen LogP contribution in [0.1, 0.15) is 35.7 Å². The third-order valence-corrected chi connectivity index (χ3v) is 4.93. The second-order valence-corrected chi connectivity index (χ2v) is 6.99. The number of nitrogens with zero attached hydrogens (tertiary/aromatic N) is 4. The number of hydrogen-bond donors (Lipinski definition) is 2. The molecule has 0 unspecified atom stereocenters. The third kappa shape index (κ3) is 2.66. The molecule has 8 nitrogen and oxygen atoms in total. The Morgan fingerprint density at radius 3 is 3.04 bits per heavy atom. The van der Waals surface area contributed by atoms with Crippen molar-refractivity contribution in [2.45, 2.75) is 31.4 Å². The van der Waals surface area contributed by atoms with Gasteiger partial charge in [0.1, 0.15) is 23.3 Å². The van der Waals surface area contributed by atoms with Crippen LogP contribution < -0.4 is 15.4 Å². The molecule has 0 aromatic carbocycles. The van der Waals surface area contributed by atoms with Crippen LogP contribution in [-0.4, -0.2) is 38.1 Å². The average Bonchev–Trinajstić information content (AvgIpc) is 3.30. The van der Waals surface area contributed by atoms with Crippen molar-refractivity contribution >= 4 is 17.4 Å². The summed E-state index contributed by atoms with van der Waals surface area (Å²) in [5.74, 6) is 0.249. The van der Waals surface area contributed by atoms with Crippen molar-refractivity contribution in [1.82, 2.24) is 24.9 Å². The molecule has 9 heteroatoms. The van der Waals surface area contributed by atoms with Crippen LogP contribution in [-0.2, 0) is 5.54 Å². The monoisotopic (exact) mass is 368 g/mol. The van der Waals surface area contributed by atoms with E-state index in [0.717, 1.165) is 19.0 Å². The molecule has 1 fully saturated rings. The number of anilines is 1. The first-order valence-corrected chi connectivity index (χ1v) is 8.77. The van der Waals surface area contributed by atoms with Crippen molar-refractivity contribution in [1.29, 1.82) is 0 Å². The predicted octanol–water partition coefficient (Wildman–Crippen LogP) is 1.88. The first kappa shape index (κ1) is 16.0. The molecular weight excluding hydrogens is 351 g/mol. The molecule has 4 heterocycles. The number of pyridine rings is 1. The molecule has 27 heavy (non-hydrogen) atoms. The predicted molar refractivity (Wildman–Crippen MR) is 94.1 cm³/mol. The number of halogens is 1. The zero-order chi connectivity index (χ0) is 18.6. The first-order chi connectivity index (χ1) is 13.0. The molecule has 138 valence electrons. The second-order valence-electron chi connectivity index (χ2n) is 6.99. The highest BCUT2D eigenvalue weighted by atomic mass is 19.1. The van der Waals surface area contributed by atoms with Gasteiger partial charge in [-0.3, -0.25) is 4.79 Å². The van der Waals surface area contributed by atoms with Gasteiger partial charge < -0.3 is 15.4 Å². The van der Waals surface area contributed by atoms with Gasteiger partial charge in [0.25, 0.3) is 5.91 Å². The number of aromatic nitrogens is 4. The Bertz CT molecular complexity index is 1060. The van der Waals surface area contributed by atoms with E-state index < -0.39 is 11.4 Å². The zero-order valence-electron chi connectivity index (χ0n) is 14.6. The lowest BCUT2D eigenvalue weighted by Crippen LogP contribution is -2.34. The number of fused-ring (bicyclic) bond motifs is 3. The zero-order valence-corrected chi connectivity index (χ0v) is 14.6. The third-order valence-electron chi connectivity index (χ3n) is 4.93. The van der Waals surface area contributed by atoms with E-state index in [2.05, 4.69) is 25.7 Å². The van der Waals surface area contributed by atoms with Gasteiger partial charge in [0.15, 0.2) is 5.65 Å². The summed E-state index contributed by atoms with van der Waals surface area (Å²) in [6.45, 7) is 2.10. The maximum Gasteiger partial charge on any atom is 0.256 e. The molecule has 5 rings (SSSR count). The molecule has 1 spiro atoms. The number of nitrogens with one attached hydrogen (secondary N) is 2.